The number of nitrogens with zero attached hydrogens (tertiary/aromatic N) is 2. The number of hydrogen-bond acceptors (Lipinski definition) is 4. The summed E-state index contributed by atoms with van der Waals surface area (Å²) < 4.78 is 32.3. The van der Waals surface area contributed by atoms with Crippen molar-refractivity contribution in [2.45, 2.75) is 38.5 Å². The highest BCUT2D eigenvalue weighted by Crippen LogP contribution is 2.60. The largest absolute Gasteiger partial charge is 0.403 e. The van der Waals surface area contributed by atoms with Crippen LogP contribution in [-0.2, 0) is 4.79 Å². The van der Waals surface area contributed by atoms with Crippen LogP contribution in [0.1, 0.15) is 38.5 Å². The molecule has 7 heteroatoms. The summed E-state index contributed by atoms with van der Waals surface area (Å²) in [4.78, 5) is 13.0. The van der Waals surface area contributed by atoms with E-state index in [-0.39, 0.29) is 28.8 Å². The molecule has 1 aromatic heterocycles. The molecule has 26 heavy (non-hydrogen) atoms. The molecule has 0 radical (unpaired) electrons. The minimum absolute atomic E-state index is 0.00852. The van der Waals surface area contributed by atoms with Crippen LogP contribution in [0.25, 0.3) is 11.5 Å². The Hall–Kier alpha value is -2.31. The van der Waals surface area contributed by atoms with Crippen molar-refractivity contribution >= 4 is 11.9 Å². The Morgan fingerprint density at radius 3 is 2.35 bits per heavy atom. The molecule has 4 bridgehead atoms. The van der Waals surface area contributed by atoms with Gasteiger partial charge < -0.3 is 4.42 Å². The molecule has 4 saturated carbocycles. The monoisotopic (exact) mass is 359 g/mol. The zero-order valence-corrected chi connectivity index (χ0v) is 14.2. The van der Waals surface area contributed by atoms with Gasteiger partial charge in [0.1, 0.15) is 11.6 Å². The Morgan fingerprint density at radius 1 is 1.08 bits per heavy atom. The summed E-state index contributed by atoms with van der Waals surface area (Å²) in [5.41, 5.74) is -0.320. The van der Waals surface area contributed by atoms with Gasteiger partial charge in [-0.05, 0) is 68.4 Å². The zero-order valence-electron chi connectivity index (χ0n) is 14.2. The molecule has 2 aromatic rings. The van der Waals surface area contributed by atoms with E-state index in [9.17, 15) is 13.6 Å². The molecule has 0 saturated heterocycles. The van der Waals surface area contributed by atoms with Gasteiger partial charge in [-0.15, -0.1) is 5.10 Å². The van der Waals surface area contributed by atoms with E-state index in [1.807, 2.05) is 0 Å². The zero-order chi connectivity index (χ0) is 17.9. The summed E-state index contributed by atoms with van der Waals surface area (Å²) in [5.74, 6) is 0.346. The SMILES string of the molecule is O=C(Nc1nnc(-c2ccc(F)cc2F)o1)C12CC3CC(CC(C3)C1)C2. The summed E-state index contributed by atoms with van der Waals surface area (Å²) in [5, 5.41) is 10.3. The van der Waals surface area contributed by atoms with Gasteiger partial charge in [-0.25, -0.2) is 8.78 Å². The van der Waals surface area contributed by atoms with Crippen molar-refractivity contribution in [2.24, 2.45) is 23.2 Å². The maximum atomic E-state index is 13.9. The number of hydrogen-bond donors (Lipinski definition) is 1. The fourth-order valence-electron chi connectivity index (χ4n) is 5.66. The first-order chi connectivity index (χ1) is 12.5. The Labute approximate surface area is 149 Å². The van der Waals surface area contributed by atoms with E-state index in [0.717, 1.165) is 31.4 Å². The van der Waals surface area contributed by atoms with Crippen molar-refractivity contribution in [3.8, 4) is 11.5 Å². The molecule has 0 spiro atoms. The second kappa shape index (κ2) is 5.59. The van der Waals surface area contributed by atoms with Gasteiger partial charge in [0.25, 0.3) is 5.89 Å². The van der Waals surface area contributed by atoms with E-state index in [1.165, 1.54) is 25.3 Å². The lowest BCUT2D eigenvalue weighted by molar-refractivity contribution is -0.140. The van der Waals surface area contributed by atoms with E-state index in [2.05, 4.69) is 15.5 Å². The van der Waals surface area contributed by atoms with Gasteiger partial charge in [0, 0.05) is 6.07 Å². The van der Waals surface area contributed by atoms with Crippen LogP contribution in [0.15, 0.2) is 22.6 Å². The van der Waals surface area contributed by atoms with Crippen molar-refractivity contribution in [3.05, 3.63) is 29.8 Å². The second-order valence-corrected chi connectivity index (χ2v) is 8.19. The molecule has 5 nitrogen and oxygen atoms in total. The van der Waals surface area contributed by atoms with Gasteiger partial charge in [-0.2, -0.15) is 0 Å². The van der Waals surface area contributed by atoms with E-state index in [4.69, 9.17) is 4.42 Å². The first kappa shape index (κ1) is 15.9. The van der Waals surface area contributed by atoms with E-state index >= 15 is 0 Å². The molecule has 0 aliphatic heterocycles. The molecular weight excluding hydrogens is 340 g/mol. The van der Waals surface area contributed by atoms with Crippen molar-refractivity contribution < 1.29 is 18.0 Å². The third-order valence-corrected chi connectivity index (χ3v) is 6.33. The van der Waals surface area contributed by atoms with Crippen LogP contribution in [-0.4, -0.2) is 16.1 Å². The van der Waals surface area contributed by atoms with E-state index in [1.54, 1.807) is 0 Å². The average molecular weight is 359 g/mol. The molecule has 0 unspecified atom stereocenters. The van der Waals surface area contributed by atoms with Crippen LogP contribution in [0, 0.1) is 34.8 Å². The number of anilines is 1. The maximum Gasteiger partial charge on any atom is 0.322 e. The minimum atomic E-state index is -0.785. The third-order valence-electron chi connectivity index (χ3n) is 6.33. The number of carbonyl (C=O) groups excluding carboxylic acids is 1. The lowest BCUT2D eigenvalue weighted by Crippen LogP contribution is -2.51. The fraction of sp³-hybridized carbons (Fsp3) is 0.526. The fourth-order valence-corrected chi connectivity index (χ4v) is 5.66. The molecule has 4 aliphatic rings. The molecule has 1 amide bonds. The average Bonchev–Trinajstić information content (AvgIpc) is 3.01. The molecule has 1 N–H and O–H groups in total. The summed E-state index contributed by atoms with van der Waals surface area (Å²) in [6.07, 6.45) is 6.54. The predicted molar refractivity (Wildman–Crippen MR) is 88.9 cm³/mol. The molecule has 1 aromatic carbocycles. The smallest absolute Gasteiger partial charge is 0.322 e. The standard InChI is InChI=1S/C19H19F2N3O2/c20-13-1-2-14(15(21)6-13)16-23-24-18(26-16)22-17(25)19-7-10-3-11(8-19)5-12(4-10)9-19/h1-2,6,10-12H,3-5,7-9H2,(H,22,24,25). The first-order valence-electron chi connectivity index (χ1n) is 9.11. The number of carbonyl (C=O) groups is 1. The van der Waals surface area contributed by atoms with Crippen molar-refractivity contribution in [3.63, 3.8) is 0 Å². The molecule has 136 valence electrons. The predicted octanol–water partition coefficient (Wildman–Crippen LogP) is 4.17. The number of amides is 1. The van der Waals surface area contributed by atoms with Crippen molar-refractivity contribution in [1.29, 1.82) is 0 Å². The number of rotatable bonds is 3. The highest BCUT2D eigenvalue weighted by atomic mass is 19.1. The molecular formula is C19H19F2N3O2. The third kappa shape index (κ3) is 2.52. The van der Waals surface area contributed by atoms with Crippen LogP contribution in [0.4, 0.5) is 14.8 Å². The van der Waals surface area contributed by atoms with Crippen LogP contribution in [0.5, 0.6) is 0 Å². The molecule has 4 fully saturated rings. The summed E-state index contributed by atoms with van der Waals surface area (Å²) in [6.45, 7) is 0. The topological polar surface area (TPSA) is 68.0 Å². The highest BCUT2D eigenvalue weighted by Gasteiger charge is 2.54. The van der Waals surface area contributed by atoms with E-state index < -0.39 is 11.6 Å². The number of halogens is 2. The van der Waals surface area contributed by atoms with Crippen LogP contribution < -0.4 is 5.32 Å². The maximum absolute atomic E-state index is 13.9. The minimum Gasteiger partial charge on any atom is -0.403 e. The highest BCUT2D eigenvalue weighted by molar-refractivity contribution is 5.94. The van der Waals surface area contributed by atoms with Crippen molar-refractivity contribution in [1.82, 2.24) is 10.2 Å². The van der Waals surface area contributed by atoms with Crippen LogP contribution in [0.2, 0.25) is 0 Å². The van der Waals surface area contributed by atoms with Gasteiger partial charge in [0.05, 0.1) is 11.0 Å². The lowest BCUT2D eigenvalue weighted by atomic mass is 9.49. The Kier molecular flexibility index (Phi) is 3.42. The first-order valence-corrected chi connectivity index (χ1v) is 9.11. The van der Waals surface area contributed by atoms with Gasteiger partial charge in [0.15, 0.2) is 0 Å². The van der Waals surface area contributed by atoms with E-state index in [0.29, 0.717) is 17.8 Å². The van der Waals surface area contributed by atoms with Crippen LogP contribution >= 0.6 is 0 Å². The molecule has 1 heterocycles. The molecule has 4 aliphatic carbocycles. The Bertz CT molecular complexity index is 844. The molecule has 0 atom stereocenters. The van der Waals surface area contributed by atoms with Crippen LogP contribution in [0.3, 0.4) is 0 Å². The van der Waals surface area contributed by atoms with Gasteiger partial charge in [-0.1, -0.05) is 5.10 Å². The Morgan fingerprint density at radius 2 is 1.73 bits per heavy atom. The normalized spacial score (nSPS) is 32.0. The van der Waals surface area contributed by atoms with Gasteiger partial charge >= 0.3 is 6.01 Å². The van der Waals surface area contributed by atoms with Gasteiger partial charge in [-0.3, -0.25) is 10.1 Å². The molecule has 6 rings (SSSR count). The quantitative estimate of drug-likeness (QED) is 0.893. The Balaban J connectivity index is 1.36. The number of nitrogens with one attached hydrogen (secondary N) is 1. The van der Waals surface area contributed by atoms with Gasteiger partial charge in [0.2, 0.25) is 5.91 Å². The lowest BCUT2D eigenvalue weighted by Gasteiger charge is -2.55. The summed E-state index contributed by atoms with van der Waals surface area (Å²) in [6, 6.07) is 3.08. The van der Waals surface area contributed by atoms with Crippen molar-refractivity contribution in [2.75, 3.05) is 5.32 Å². The summed E-state index contributed by atoms with van der Waals surface area (Å²) in [7, 11) is 0. The number of aromatic nitrogens is 2. The number of benzene rings is 1. The second-order valence-electron chi connectivity index (χ2n) is 8.19. The summed E-state index contributed by atoms with van der Waals surface area (Å²) >= 11 is 0.